The van der Waals surface area contributed by atoms with Crippen molar-refractivity contribution < 1.29 is 0 Å². The molecule has 17 heavy (non-hydrogen) atoms. The summed E-state index contributed by atoms with van der Waals surface area (Å²) in [7, 11) is 2.02. The number of imidazole rings is 1. The molecule has 0 amide bonds. The molecule has 0 aliphatic heterocycles. The van der Waals surface area contributed by atoms with Crippen molar-refractivity contribution in [1.82, 2.24) is 14.1 Å². The number of hydrogen-bond donors (Lipinski definition) is 0. The SMILES string of the molecule is Cn1ccnc1Cn1ccc2ccc(Br)cc21. The summed E-state index contributed by atoms with van der Waals surface area (Å²) >= 11 is 3.51. The Bertz CT molecular complexity index is 666. The number of benzene rings is 1. The third-order valence-corrected chi connectivity index (χ3v) is 3.46. The lowest BCUT2D eigenvalue weighted by atomic mass is 10.2. The van der Waals surface area contributed by atoms with Gasteiger partial charge in [0.15, 0.2) is 0 Å². The van der Waals surface area contributed by atoms with Crippen LogP contribution >= 0.6 is 15.9 Å². The lowest BCUT2D eigenvalue weighted by Gasteiger charge is -2.05. The van der Waals surface area contributed by atoms with Crippen molar-refractivity contribution >= 4 is 26.8 Å². The van der Waals surface area contributed by atoms with E-state index in [0.717, 1.165) is 16.8 Å². The first-order chi connectivity index (χ1) is 8.24. The molecule has 0 radical (unpaired) electrons. The number of nitrogens with zero attached hydrogens (tertiary/aromatic N) is 3. The van der Waals surface area contributed by atoms with Crippen LogP contribution in [0.4, 0.5) is 0 Å². The van der Waals surface area contributed by atoms with E-state index in [2.05, 4.69) is 55.9 Å². The van der Waals surface area contributed by atoms with E-state index in [0.29, 0.717) is 0 Å². The molecular formula is C13H12BrN3. The van der Waals surface area contributed by atoms with E-state index in [1.807, 2.05) is 24.0 Å². The monoisotopic (exact) mass is 289 g/mol. The molecular weight excluding hydrogens is 278 g/mol. The van der Waals surface area contributed by atoms with Crippen LogP contribution in [0.5, 0.6) is 0 Å². The lowest BCUT2D eigenvalue weighted by Crippen LogP contribution is -2.04. The number of halogens is 1. The molecule has 4 heteroatoms. The summed E-state index contributed by atoms with van der Waals surface area (Å²) in [5.74, 6) is 1.06. The number of hydrogen-bond acceptors (Lipinski definition) is 1. The first kappa shape index (κ1) is 10.6. The van der Waals surface area contributed by atoms with E-state index < -0.39 is 0 Å². The van der Waals surface area contributed by atoms with Gasteiger partial charge in [-0.05, 0) is 23.6 Å². The molecule has 86 valence electrons. The van der Waals surface area contributed by atoms with Crippen molar-refractivity contribution in [2.45, 2.75) is 6.54 Å². The third kappa shape index (κ3) is 1.89. The molecule has 0 fully saturated rings. The van der Waals surface area contributed by atoms with Crippen molar-refractivity contribution in [1.29, 1.82) is 0 Å². The highest BCUT2D eigenvalue weighted by molar-refractivity contribution is 9.10. The van der Waals surface area contributed by atoms with Crippen LogP contribution in [0.15, 0.2) is 47.3 Å². The van der Waals surface area contributed by atoms with Gasteiger partial charge in [-0.25, -0.2) is 4.98 Å². The lowest BCUT2D eigenvalue weighted by molar-refractivity contribution is 0.718. The predicted octanol–water partition coefficient (Wildman–Crippen LogP) is 3.19. The van der Waals surface area contributed by atoms with Crippen molar-refractivity contribution in [2.24, 2.45) is 7.05 Å². The van der Waals surface area contributed by atoms with E-state index >= 15 is 0 Å². The second kappa shape index (κ2) is 4.04. The number of rotatable bonds is 2. The predicted molar refractivity (Wildman–Crippen MR) is 71.9 cm³/mol. The van der Waals surface area contributed by atoms with Gasteiger partial charge < -0.3 is 9.13 Å². The van der Waals surface area contributed by atoms with E-state index in [9.17, 15) is 0 Å². The second-order valence-corrected chi connectivity index (χ2v) is 5.02. The first-order valence-corrected chi connectivity index (χ1v) is 6.24. The summed E-state index contributed by atoms with van der Waals surface area (Å²) in [5, 5.41) is 1.25. The minimum atomic E-state index is 0.795. The molecule has 1 aromatic carbocycles. The van der Waals surface area contributed by atoms with Gasteiger partial charge in [0, 0.05) is 35.6 Å². The number of fused-ring (bicyclic) bond motifs is 1. The zero-order chi connectivity index (χ0) is 11.8. The van der Waals surface area contributed by atoms with Gasteiger partial charge in [0.05, 0.1) is 6.54 Å². The summed E-state index contributed by atoms with van der Waals surface area (Å²) < 4.78 is 5.36. The maximum absolute atomic E-state index is 4.35. The Morgan fingerprint density at radius 1 is 1.24 bits per heavy atom. The Kier molecular flexibility index (Phi) is 2.52. The van der Waals surface area contributed by atoms with Gasteiger partial charge in [-0.3, -0.25) is 0 Å². The van der Waals surface area contributed by atoms with Gasteiger partial charge in [-0.1, -0.05) is 22.0 Å². The molecule has 3 aromatic rings. The van der Waals surface area contributed by atoms with Crippen molar-refractivity contribution in [3.8, 4) is 0 Å². The van der Waals surface area contributed by atoms with E-state index in [4.69, 9.17) is 0 Å². The van der Waals surface area contributed by atoms with Gasteiger partial charge in [0.25, 0.3) is 0 Å². The molecule has 3 rings (SSSR count). The quantitative estimate of drug-likeness (QED) is 0.710. The molecule has 2 heterocycles. The third-order valence-electron chi connectivity index (χ3n) is 2.97. The smallest absolute Gasteiger partial charge is 0.128 e. The van der Waals surface area contributed by atoms with Gasteiger partial charge in [0.2, 0.25) is 0 Å². The molecule has 0 aliphatic rings. The highest BCUT2D eigenvalue weighted by atomic mass is 79.9. The average molecular weight is 290 g/mol. The van der Waals surface area contributed by atoms with Crippen LogP contribution < -0.4 is 0 Å². The number of aromatic nitrogens is 3. The summed E-state index contributed by atoms with van der Waals surface area (Å²) in [6.07, 6.45) is 5.90. The minimum absolute atomic E-state index is 0.795. The highest BCUT2D eigenvalue weighted by Gasteiger charge is 2.05. The molecule has 2 aromatic heterocycles. The Morgan fingerprint density at radius 3 is 2.88 bits per heavy atom. The fourth-order valence-corrected chi connectivity index (χ4v) is 2.35. The summed E-state index contributed by atoms with van der Waals surface area (Å²) in [6, 6.07) is 8.45. The molecule has 0 saturated carbocycles. The Balaban J connectivity index is 2.06. The van der Waals surface area contributed by atoms with Crippen molar-refractivity contribution in [2.75, 3.05) is 0 Å². The average Bonchev–Trinajstić information content (AvgIpc) is 2.88. The topological polar surface area (TPSA) is 22.8 Å². The van der Waals surface area contributed by atoms with Crippen LogP contribution in [0.1, 0.15) is 5.82 Å². The Morgan fingerprint density at radius 2 is 2.12 bits per heavy atom. The molecule has 0 unspecified atom stereocenters. The molecule has 0 bridgehead atoms. The van der Waals surface area contributed by atoms with Gasteiger partial charge >= 0.3 is 0 Å². The molecule has 0 aliphatic carbocycles. The second-order valence-electron chi connectivity index (χ2n) is 4.10. The van der Waals surface area contributed by atoms with Gasteiger partial charge in [-0.2, -0.15) is 0 Å². The van der Waals surface area contributed by atoms with E-state index in [1.54, 1.807) is 0 Å². The molecule has 0 N–H and O–H groups in total. The summed E-state index contributed by atoms with van der Waals surface area (Å²) in [5.41, 5.74) is 1.22. The standard InChI is InChI=1S/C13H12BrN3/c1-16-7-5-15-13(16)9-17-6-4-10-2-3-11(14)8-12(10)17/h2-8H,9H2,1H3. The maximum atomic E-state index is 4.35. The fourth-order valence-electron chi connectivity index (χ4n) is 2.00. The van der Waals surface area contributed by atoms with Crippen LogP contribution in [0.2, 0.25) is 0 Å². The first-order valence-electron chi connectivity index (χ1n) is 5.44. The van der Waals surface area contributed by atoms with E-state index in [-0.39, 0.29) is 0 Å². The molecule has 0 saturated heterocycles. The minimum Gasteiger partial charge on any atom is -0.340 e. The van der Waals surface area contributed by atoms with Crippen LogP contribution in [0.25, 0.3) is 10.9 Å². The fraction of sp³-hybridized carbons (Fsp3) is 0.154. The summed E-state index contributed by atoms with van der Waals surface area (Å²) in [4.78, 5) is 4.35. The molecule has 3 nitrogen and oxygen atoms in total. The van der Waals surface area contributed by atoms with Crippen LogP contribution in [-0.4, -0.2) is 14.1 Å². The summed E-state index contributed by atoms with van der Waals surface area (Å²) in [6.45, 7) is 0.795. The normalized spacial score (nSPS) is 11.2. The van der Waals surface area contributed by atoms with Crippen LogP contribution in [0.3, 0.4) is 0 Å². The number of aryl methyl sites for hydroxylation is 1. The Hall–Kier alpha value is -1.55. The molecule has 0 atom stereocenters. The zero-order valence-electron chi connectivity index (χ0n) is 9.47. The zero-order valence-corrected chi connectivity index (χ0v) is 11.1. The van der Waals surface area contributed by atoms with Gasteiger partial charge in [-0.15, -0.1) is 0 Å². The molecule has 0 spiro atoms. The maximum Gasteiger partial charge on any atom is 0.128 e. The van der Waals surface area contributed by atoms with Crippen LogP contribution in [0, 0.1) is 0 Å². The Labute approximate surface area is 108 Å². The van der Waals surface area contributed by atoms with E-state index in [1.165, 1.54) is 10.9 Å². The van der Waals surface area contributed by atoms with Gasteiger partial charge in [0.1, 0.15) is 5.82 Å². The largest absolute Gasteiger partial charge is 0.340 e. The highest BCUT2D eigenvalue weighted by Crippen LogP contribution is 2.21. The van der Waals surface area contributed by atoms with Crippen LogP contribution in [-0.2, 0) is 13.6 Å². The van der Waals surface area contributed by atoms with Crippen molar-refractivity contribution in [3.63, 3.8) is 0 Å². The van der Waals surface area contributed by atoms with Crippen molar-refractivity contribution in [3.05, 3.63) is 53.2 Å².